The Bertz CT molecular complexity index is 1810. The van der Waals surface area contributed by atoms with Crippen LogP contribution >= 0.6 is 0 Å². The van der Waals surface area contributed by atoms with E-state index < -0.39 is 17.1 Å². The van der Waals surface area contributed by atoms with Gasteiger partial charge in [-0.05, 0) is 91.6 Å². The number of hydrogen-bond donors (Lipinski definition) is 0. The molecule has 1 aromatic heterocycles. The van der Waals surface area contributed by atoms with Crippen LogP contribution in [0.3, 0.4) is 0 Å². The summed E-state index contributed by atoms with van der Waals surface area (Å²) in [5, 5.41) is 0. The fraction of sp³-hybridized carbons (Fsp3) is 0.462. The molecule has 12 nitrogen and oxygen atoms in total. The Morgan fingerprint density at radius 1 is 0.471 bits per heavy atom. The first kappa shape index (κ1) is 34.8. The summed E-state index contributed by atoms with van der Waals surface area (Å²) in [5.41, 5.74) is 5.51. The quantitative estimate of drug-likeness (QED) is 0.171. The van der Waals surface area contributed by atoms with Gasteiger partial charge < -0.3 is 28.4 Å². The summed E-state index contributed by atoms with van der Waals surface area (Å²) in [7, 11) is 0. The molecule has 3 aliphatic rings. The summed E-state index contributed by atoms with van der Waals surface area (Å²) in [6, 6.07) is 11.5. The molecule has 0 N–H and O–H groups in total. The molecule has 0 radical (unpaired) electrons. The highest BCUT2D eigenvalue weighted by Crippen LogP contribution is 2.29. The van der Waals surface area contributed by atoms with E-state index >= 15 is 0 Å². The van der Waals surface area contributed by atoms with Gasteiger partial charge in [0.15, 0.2) is 0 Å². The molecule has 3 saturated heterocycles. The van der Waals surface area contributed by atoms with Crippen molar-refractivity contribution in [2.45, 2.75) is 79.5 Å². The minimum Gasteiger partial charge on any atom is -0.490 e. The molecule has 3 unspecified atom stereocenters. The van der Waals surface area contributed by atoms with Crippen molar-refractivity contribution in [3.63, 3.8) is 0 Å². The van der Waals surface area contributed by atoms with Gasteiger partial charge in [0.2, 0.25) is 0 Å². The fourth-order valence-corrected chi connectivity index (χ4v) is 6.73. The van der Waals surface area contributed by atoms with Gasteiger partial charge in [-0.25, -0.2) is 28.1 Å². The highest BCUT2D eigenvalue weighted by molar-refractivity contribution is 5.45. The highest BCUT2D eigenvalue weighted by atomic mass is 16.6. The van der Waals surface area contributed by atoms with Gasteiger partial charge in [-0.1, -0.05) is 36.4 Å². The molecule has 0 aliphatic carbocycles. The Hall–Kier alpha value is -4.65. The third-order valence-electron chi connectivity index (χ3n) is 9.42. The number of aryl methyl sites for hydroxylation is 6. The van der Waals surface area contributed by atoms with Crippen LogP contribution in [-0.4, -0.2) is 71.7 Å². The Balaban J connectivity index is 1.25. The molecular weight excluding hydrogens is 654 g/mol. The molecule has 0 spiro atoms. The zero-order valence-corrected chi connectivity index (χ0v) is 30.1. The third-order valence-corrected chi connectivity index (χ3v) is 9.42. The molecule has 270 valence electrons. The zero-order chi connectivity index (χ0) is 36.0. The molecule has 3 atom stereocenters. The molecule has 4 aromatic rings. The number of ether oxygens (including phenoxy) is 6. The van der Waals surface area contributed by atoms with E-state index in [1.807, 2.05) is 77.9 Å². The van der Waals surface area contributed by atoms with Crippen LogP contribution in [0, 0.1) is 41.5 Å². The standard InChI is InChI=1S/C39H45N3O9/c1-22-7-28(8-23(2)34(22)49-19-31-16-46-31)13-40-37(43)41(14-29-9-24(3)35(25(4)10-29)50-20-32-17-47-32)39(45)42(38(40)44)15-30-11-26(5)36(27(6)12-30)51-21-33-18-48-33/h7-12,31-33H,13-21H2,1-6H3. The summed E-state index contributed by atoms with van der Waals surface area (Å²) in [5.74, 6) is 2.28. The average molecular weight is 700 g/mol. The summed E-state index contributed by atoms with van der Waals surface area (Å²) in [6.45, 7) is 15.1. The van der Waals surface area contributed by atoms with Gasteiger partial charge in [0.25, 0.3) is 0 Å². The summed E-state index contributed by atoms with van der Waals surface area (Å²) in [4.78, 5) is 42.5. The smallest absolute Gasteiger partial charge is 0.336 e. The van der Waals surface area contributed by atoms with Crippen LogP contribution in [0.4, 0.5) is 0 Å². The van der Waals surface area contributed by atoms with Gasteiger partial charge in [0.1, 0.15) is 55.4 Å². The average Bonchev–Trinajstić information content (AvgIpc) is 3.91. The van der Waals surface area contributed by atoms with E-state index in [-0.39, 0.29) is 37.9 Å². The highest BCUT2D eigenvalue weighted by Gasteiger charge is 2.26. The van der Waals surface area contributed by atoms with E-state index in [1.54, 1.807) is 0 Å². The molecule has 3 fully saturated rings. The predicted octanol–water partition coefficient (Wildman–Crippen LogP) is 3.50. The molecule has 3 aromatic carbocycles. The van der Waals surface area contributed by atoms with E-state index in [2.05, 4.69) is 0 Å². The van der Waals surface area contributed by atoms with Crippen molar-refractivity contribution in [2.75, 3.05) is 39.6 Å². The maximum absolute atomic E-state index is 14.2. The summed E-state index contributed by atoms with van der Waals surface area (Å²) < 4.78 is 37.3. The molecule has 0 bridgehead atoms. The maximum atomic E-state index is 14.2. The summed E-state index contributed by atoms with van der Waals surface area (Å²) >= 11 is 0. The predicted molar refractivity (Wildman–Crippen MR) is 190 cm³/mol. The number of benzene rings is 3. The van der Waals surface area contributed by atoms with Gasteiger partial charge in [0.05, 0.1) is 39.5 Å². The van der Waals surface area contributed by atoms with E-state index in [1.165, 1.54) is 0 Å². The Morgan fingerprint density at radius 2 is 0.686 bits per heavy atom. The zero-order valence-electron chi connectivity index (χ0n) is 30.1. The number of nitrogens with zero attached hydrogens (tertiary/aromatic N) is 3. The second kappa shape index (κ2) is 14.2. The first-order valence-corrected chi connectivity index (χ1v) is 17.4. The van der Waals surface area contributed by atoms with Crippen molar-refractivity contribution in [3.8, 4) is 17.2 Å². The minimum atomic E-state index is -0.678. The first-order chi connectivity index (χ1) is 24.4. The number of epoxide rings is 3. The summed E-state index contributed by atoms with van der Waals surface area (Å²) in [6.07, 6.45) is 0.344. The first-order valence-electron chi connectivity index (χ1n) is 17.4. The van der Waals surface area contributed by atoms with Gasteiger partial charge in [-0.3, -0.25) is 0 Å². The van der Waals surface area contributed by atoms with Crippen LogP contribution in [0.5, 0.6) is 17.2 Å². The van der Waals surface area contributed by atoms with E-state index in [0.717, 1.165) is 81.0 Å². The number of hydrogen-bond acceptors (Lipinski definition) is 9. The van der Waals surface area contributed by atoms with Crippen LogP contribution < -0.4 is 31.3 Å². The monoisotopic (exact) mass is 699 g/mol. The SMILES string of the molecule is Cc1cc(Cn2c(=O)n(Cc3cc(C)c(OCC4CO4)c(C)c3)c(=O)n(Cc3cc(C)c(OCC4CO4)c(C)c3)c2=O)cc(C)c1OCC1CO1. The molecule has 4 heterocycles. The third kappa shape index (κ3) is 7.98. The van der Waals surface area contributed by atoms with Crippen molar-refractivity contribution in [1.29, 1.82) is 0 Å². The van der Waals surface area contributed by atoms with Gasteiger partial charge in [-0.15, -0.1) is 0 Å². The minimum absolute atomic E-state index is 0.0201. The second-order valence-electron chi connectivity index (χ2n) is 14.1. The molecule has 12 heteroatoms. The normalized spacial score (nSPS) is 18.8. The van der Waals surface area contributed by atoms with Gasteiger partial charge >= 0.3 is 17.1 Å². The second-order valence-corrected chi connectivity index (χ2v) is 14.1. The number of aromatic nitrogens is 3. The maximum Gasteiger partial charge on any atom is 0.336 e. The van der Waals surface area contributed by atoms with E-state index in [9.17, 15) is 14.4 Å². The number of rotatable bonds is 15. The van der Waals surface area contributed by atoms with Gasteiger partial charge in [-0.2, -0.15) is 0 Å². The lowest BCUT2D eigenvalue weighted by molar-refractivity contribution is 0.260. The Morgan fingerprint density at radius 3 is 0.882 bits per heavy atom. The van der Waals surface area contributed by atoms with Crippen molar-refractivity contribution in [1.82, 2.24) is 13.7 Å². The van der Waals surface area contributed by atoms with Gasteiger partial charge in [0, 0.05) is 0 Å². The lowest BCUT2D eigenvalue weighted by atomic mass is 10.1. The Kier molecular flexibility index (Phi) is 9.66. The molecular formula is C39H45N3O9. The topological polar surface area (TPSA) is 131 Å². The van der Waals surface area contributed by atoms with E-state index in [4.69, 9.17) is 28.4 Å². The van der Waals surface area contributed by atoms with Crippen molar-refractivity contribution in [2.24, 2.45) is 0 Å². The molecule has 7 rings (SSSR count). The van der Waals surface area contributed by atoms with Crippen LogP contribution in [0.2, 0.25) is 0 Å². The van der Waals surface area contributed by atoms with E-state index in [0.29, 0.717) is 39.6 Å². The lowest BCUT2D eigenvalue weighted by Gasteiger charge is -2.18. The van der Waals surface area contributed by atoms with Crippen molar-refractivity contribution >= 4 is 0 Å². The fourth-order valence-electron chi connectivity index (χ4n) is 6.73. The lowest BCUT2D eigenvalue weighted by Crippen LogP contribution is -2.54. The van der Waals surface area contributed by atoms with Crippen LogP contribution in [0.25, 0.3) is 0 Å². The Labute approximate surface area is 296 Å². The largest absolute Gasteiger partial charge is 0.490 e. The molecule has 0 amide bonds. The molecule has 0 saturated carbocycles. The van der Waals surface area contributed by atoms with Crippen LogP contribution in [0.15, 0.2) is 50.8 Å². The molecule has 51 heavy (non-hydrogen) atoms. The van der Waals surface area contributed by atoms with Crippen molar-refractivity contribution in [3.05, 3.63) is 118 Å². The molecule has 3 aliphatic heterocycles. The van der Waals surface area contributed by atoms with Crippen molar-refractivity contribution < 1.29 is 28.4 Å². The van der Waals surface area contributed by atoms with Crippen LogP contribution in [0.1, 0.15) is 50.1 Å². The van der Waals surface area contributed by atoms with Crippen LogP contribution in [-0.2, 0) is 33.8 Å².